The van der Waals surface area contributed by atoms with Gasteiger partial charge < -0.3 is 0 Å². The van der Waals surface area contributed by atoms with Gasteiger partial charge in [-0.15, -0.1) is 11.8 Å². The van der Waals surface area contributed by atoms with E-state index in [1.807, 2.05) is 0 Å². The third kappa shape index (κ3) is 7.74. The van der Waals surface area contributed by atoms with Crippen molar-refractivity contribution in [2.75, 3.05) is 0 Å². The maximum absolute atomic E-state index is 3.46. The summed E-state index contributed by atoms with van der Waals surface area (Å²) in [4.78, 5) is 0. The first-order valence-corrected chi connectivity index (χ1v) is 10.7. The van der Waals surface area contributed by atoms with Gasteiger partial charge in [-0.05, 0) is 30.6 Å². The van der Waals surface area contributed by atoms with Crippen LogP contribution in [0.4, 0.5) is 0 Å². The van der Waals surface area contributed by atoms with Gasteiger partial charge in [0.25, 0.3) is 0 Å². The van der Waals surface area contributed by atoms with Crippen LogP contribution >= 0.6 is 0 Å². The average molecular weight is 327 g/mol. The highest BCUT2D eigenvalue weighted by molar-refractivity contribution is 5.13. The molecule has 1 saturated carbocycles. The van der Waals surface area contributed by atoms with Gasteiger partial charge in [0.15, 0.2) is 0 Å². The summed E-state index contributed by atoms with van der Waals surface area (Å²) in [6.45, 7) is 2.30. The fourth-order valence-corrected chi connectivity index (χ4v) is 4.39. The molecule has 3 atom stereocenters. The van der Waals surface area contributed by atoms with Gasteiger partial charge in [0.05, 0.1) is 0 Å². The molecular weight excluding hydrogens is 288 g/mol. The molecule has 2 aliphatic carbocycles. The molecule has 1 fully saturated rings. The average Bonchev–Trinajstić information content (AvgIpc) is 3.06. The van der Waals surface area contributed by atoms with E-state index in [4.69, 9.17) is 0 Å². The van der Waals surface area contributed by atoms with Crippen molar-refractivity contribution in [3.8, 4) is 11.8 Å². The molecule has 0 aliphatic heterocycles. The number of rotatable bonds is 10. The first kappa shape index (κ1) is 19.4. The van der Waals surface area contributed by atoms with Crippen LogP contribution in [0.25, 0.3) is 0 Å². The number of hydrogen-bond donors (Lipinski definition) is 0. The minimum absolute atomic E-state index is 0.662. The molecule has 0 saturated heterocycles. The Morgan fingerprint density at radius 1 is 0.875 bits per heavy atom. The summed E-state index contributed by atoms with van der Waals surface area (Å²) in [5.74, 6) is 9.55. The van der Waals surface area contributed by atoms with E-state index in [2.05, 4.69) is 43.1 Å². The van der Waals surface area contributed by atoms with Crippen LogP contribution < -0.4 is 0 Å². The lowest BCUT2D eigenvalue weighted by Gasteiger charge is -2.18. The summed E-state index contributed by atoms with van der Waals surface area (Å²) < 4.78 is 0. The van der Waals surface area contributed by atoms with E-state index < -0.39 is 0 Å². The Bertz CT molecular complexity index is 431. The van der Waals surface area contributed by atoms with Gasteiger partial charge in [-0.1, -0.05) is 95.4 Å². The van der Waals surface area contributed by atoms with Crippen LogP contribution in [0.5, 0.6) is 0 Å². The largest absolute Gasteiger partial charge is 0.103 e. The van der Waals surface area contributed by atoms with Crippen molar-refractivity contribution in [2.45, 2.75) is 96.8 Å². The van der Waals surface area contributed by atoms with Gasteiger partial charge in [0, 0.05) is 12.8 Å². The smallest absolute Gasteiger partial charge is 0.0155 e. The first-order valence-electron chi connectivity index (χ1n) is 10.7. The number of unbranched alkanes of at least 4 members (excludes halogenated alkanes) is 5. The zero-order valence-electron chi connectivity index (χ0n) is 15.9. The molecule has 24 heavy (non-hydrogen) atoms. The van der Waals surface area contributed by atoms with Crippen LogP contribution in [0.1, 0.15) is 96.8 Å². The van der Waals surface area contributed by atoms with Gasteiger partial charge in [-0.25, -0.2) is 0 Å². The summed E-state index contributed by atoms with van der Waals surface area (Å²) in [7, 11) is 0. The first-order chi connectivity index (χ1) is 11.9. The van der Waals surface area contributed by atoms with Crippen LogP contribution in [-0.4, -0.2) is 0 Å². The zero-order valence-corrected chi connectivity index (χ0v) is 15.9. The predicted octanol–water partition coefficient (Wildman–Crippen LogP) is 7.46. The van der Waals surface area contributed by atoms with Gasteiger partial charge in [0.1, 0.15) is 0 Å². The summed E-state index contributed by atoms with van der Waals surface area (Å²) in [5, 5.41) is 0. The second kappa shape index (κ2) is 12.4. The van der Waals surface area contributed by atoms with E-state index in [9.17, 15) is 0 Å². The lowest BCUT2D eigenvalue weighted by atomic mass is 9.87. The molecule has 0 aromatic rings. The molecule has 134 valence electrons. The fraction of sp³-hybridized carbons (Fsp3) is 0.750. The van der Waals surface area contributed by atoms with Crippen LogP contribution in [0.3, 0.4) is 0 Å². The Hall–Kier alpha value is -0.960. The predicted molar refractivity (Wildman–Crippen MR) is 107 cm³/mol. The molecule has 2 rings (SSSR count). The van der Waals surface area contributed by atoms with Crippen LogP contribution in [-0.2, 0) is 0 Å². The second-order valence-electron chi connectivity index (χ2n) is 7.91. The maximum Gasteiger partial charge on any atom is 0.0155 e. The minimum atomic E-state index is 0.662. The lowest BCUT2D eigenvalue weighted by molar-refractivity contribution is 0.335. The zero-order chi connectivity index (χ0) is 16.9. The molecule has 0 heterocycles. The van der Waals surface area contributed by atoms with Crippen LogP contribution in [0.2, 0.25) is 0 Å². The minimum Gasteiger partial charge on any atom is -0.103 e. The molecule has 2 aliphatic rings. The van der Waals surface area contributed by atoms with Gasteiger partial charge in [0.2, 0.25) is 0 Å². The van der Waals surface area contributed by atoms with E-state index >= 15 is 0 Å². The highest BCUT2D eigenvalue weighted by Gasteiger charge is 2.25. The van der Waals surface area contributed by atoms with Crippen molar-refractivity contribution in [3.63, 3.8) is 0 Å². The summed E-state index contributed by atoms with van der Waals surface area (Å²) in [6, 6.07) is 0. The third-order valence-electron chi connectivity index (χ3n) is 5.94. The molecule has 0 radical (unpaired) electrons. The summed E-state index contributed by atoms with van der Waals surface area (Å²) in [5.41, 5.74) is 0. The Balaban J connectivity index is 1.54. The molecule has 0 nitrogen and oxygen atoms in total. The van der Waals surface area contributed by atoms with E-state index in [1.54, 1.807) is 0 Å². The SMILES string of the molecule is CCCCCCCCC1CCCC1CCC#CCC1C=CC=CC1. The van der Waals surface area contributed by atoms with Gasteiger partial charge in [-0.3, -0.25) is 0 Å². The lowest BCUT2D eigenvalue weighted by Crippen LogP contribution is -2.07. The Morgan fingerprint density at radius 2 is 1.67 bits per heavy atom. The van der Waals surface area contributed by atoms with E-state index in [1.165, 1.54) is 77.0 Å². The van der Waals surface area contributed by atoms with Crippen LogP contribution in [0, 0.1) is 29.6 Å². The van der Waals surface area contributed by atoms with Crippen molar-refractivity contribution in [2.24, 2.45) is 17.8 Å². The fourth-order valence-electron chi connectivity index (χ4n) is 4.39. The summed E-state index contributed by atoms with van der Waals surface area (Å²) in [6.07, 6.45) is 28.1. The van der Waals surface area contributed by atoms with E-state index in [0.29, 0.717) is 5.92 Å². The van der Waals surface area contributed by atoms with E-state index in [-0.39, 0.29) is 0 Å². The monoisotopic (exact) mass is 326 g/mol. The molecule has 0 spiro atoms. The maximum atomic E-state index is 3.46. The van der Waals surface area contributed by atoms with Crippen molar-refractivity contribution >= 4 is 0 Å². The Labute approximate surface area is 151 Å². The number of hydrogen-bond acceptors (Lipinski definition) is 0. The highest BCUT2D eigenvalue weighted by atomic mass is 14.3. The molecule has 0 bridgehead atoms. The quantitative estimate of drug-likeness (QED) is 0.289. The third-order valence-corrected chi connectivity index (χ3v) is 5.94. The van der Waals surface area contributed by atoms with Crippen molar-refractivity contribution in [1.82, 2.24) is 0 Å². The second-order valence-corrected chi connectivity index (χ2v) is 7.91. The number of allylic oxidation sites excluding steroid dienone is 4. The van der Waals surface area contributed by atoms with Crippen molar-refractivity contribution < 1.29 is 0 Å². The molecule has 3 unspecified atom stereocenters. The topological polar surface area (TPSA) is 0 Å². The van der Waals surface area contributed by atoms with E-state index in [0.717, 1.165) is 24.7 Å². The van der Waals surface area contributed by atoms with Crippen molar-refractivity contribution in [1.29, 1.82) is 0 Å². The van der Waals surface area contributed by atoms with Gasteiger partial charge >= 0.3 is 0 Å². The Morgan fingerprint density at radius 3 is 2.46 bits per heavy atom. The molecule has 0 aromatic carbocycles. The summed E-state index contributed by atoms with van der Waals surface area (Å²) >= 11 is 0. The standard InChI is InChI=1S/C24H38/c1-2-3-4-5-6-12-18-23-20-14-21-24(23)19-13-8-11-17-22-15-9-7-10-16-22/h7,9-10,15,22-24H,2-6,12-14,16-21H2,1H3. The van der Waals surface area contributed by atoms with Crippen molar-refractivity contribution in [3.05, 3.63) is 24.3 Å². The van der Waals surface area contributed by atoms with Gasteiger partial charge in [-0.2, -0.15) is 0 Å². The molecular formula is C24H38. The van der Waals surface area contributed by atoms with Crippen LogP contribution in [0.15, 0.2) is 24.3 Å². The molecule has 0 N–H and O–H groups in total. The normalized spacial score (nSPS) is 25.6. The highest BCUT2D eigenvalue weighted by Crippen LogP contribution is 2.38. The molecule has 0 amide bonds. The molecule has 0 heteroatoms. The molecule has 0 aromatic heterocycles. The Kier molecular flexibility index (Phi) is 10.0.